The lowest BCUT2D eigenvalue weighted by Gasteiger charge is -2.19. The van der Waals surface area contributed by atoms with Crippen LogP contribution in [0.15, 0.2) is 48.5 Å². The summed E-state index contributed by atoms with van der Waals surface area (Å²) in [5.74, 6) is -1.97. The molecule has 0 heterocycles. The fourth-order valence-electron chi connectivity index (χ4n) is 2.94. The van der Waals surface area contributed by atoms with Crippen molar-refractivity contribution in [1.82, 2.24) is 0 Å². The minimum atomic E-state index is -0.988. The Morgan fingerprint density at radius 2 is 1.18 bits per heavy atom. The van der Waals surface area contributed by atoms with E-state index in [-0.39, 0.29) is 11.4 Å². The number of hydrogen-bond acceptors (Lipinski definition) is 4. The third-order valence-corrected chi connectivity index (χ3v) is 4.38. The van der Waals surface area contributed by atoms with Crippen LogP contribution in [0.25, 0.3) is 0 Å². The molecule has 2 N–H and O–H groups in total. The van der Waals surface area contributed by atoms with Crippen molar-refractivity contribution in [2.45, 2.75) is 13.8 Å². The van der Waals surface area contributed by atoms with Gasteiger partial charge in [-0.3, -0.25) is 0 Å². The van der Waals surface area contributed by atoms with Crippen LogP contribution >= 0.6 is 0 Å². The summed E-state index contributed by atoms with van der Waals surface area (Å²) in [7, 11) is 0. The molecule has 0 unspecified atom stereocenters. The first-order valence-corrected chi connectivity index (χ1v) is 8.48. The van der Waals surface area contributed by atoms with Crippen LogP contribution in [-0.4, -0.2) is 0 Å². The topological polar surface area (TPSA) is 71.6 Å². The summed E-state index contributed by atoms with van der Waals surface area (Å²) in [6, 6.07) is 17.4. The monoisotopic (exact) mass is 374 g/mol. The van der Waals surface area contributed by atoms with Crippen LogP contribution in [0.1, 0.15) is 22.3 Å². The van der Waals surface area contributed by atoms with Crippen LogP contribution < -0.4 is 10.6 Å². The molecule has 3 aromatic carbocycles. The number of para-hydroxylation sites is 2. The molecule has 0 aromatic heterocycles. The SMILES string of the molecule is Cc1cccc(C)c1Nc1c(F)c(C#N)c(C#N)c(F)c1Nc1ccccc1. The number of halogens is 2. The van der Waals surface area contributed by atoms with Gasteiger partial charge in [-0.15, -0.1) is 0 Å². The van der Waals surface area contributed by atoms with Crippen LogP contribution in [0, 0.1) is 48.1 Å². The first-order chi connectivity index (χ1) is 13.5. The molecule has 0 amide bonds. The van der Waals surface area contributed by atoms with Gasteiger partial charge in [0, 0.05) is 11.4 Å². The zero-order valence-corrected chi connectivity index (χ0v) is 15.3. The summed E-state index contributed by atoms with van der Waals surface area (Å²) in [6.07, 6.45) is 0. The van der Waals surface area contributed by atoms with E-state index in [1.165, 1.54) is 0 Å². The van der Waals surface area contributed by atoms with Crippen molar-refractivity contribution in [3.05, 3.63) is 82.4 Å². The third kappa shape index (κ3) is 3.36. The zero-order valence-electron chi connectivity index (χ0n) is 15.3. The van der Waals surface area contributed by atoms with Gasteiger partial charge in [-0.2, -0.15) is 10.5 Å². The molecule has 6 heteroatoms. The summed E-state index contributed by atoms with van der Waals surface area (Å²) in [4.78, 5) is 0. The Balaban J connectivity index is 2.26. The fraction of sp³-hybridized carbons (Fsp3) is 0.0909. The number of rotatable bonds is 4. The predicted molar refractivity (Wildman–Crippen MR) is 105 cm³/mol. The normalized spacial score (nSPS) is 10.1. The minimum absolute atomic E-state index is 0.227. The maximum atomic E-state index is 15.2. The molecular weight excluding hydrogens is 358 g/mol. The van der Waals surface area contributed by atoms with Crippen LogP contribution in [0.2, 0.25) is 0 Å². The third-order valence-electron chi connectivity index (χ3n) is 4.38. The molecule has 0 bridgehead atoms. The molecule has 0 spiro atoms. The number of anilines is 4. The standard InChI is InChI=1S/C22H16F2N4/c1-13-7-6-8-14(2)20(13)28-22-19(24)17(12-26)16(11-25)18(23)21(22)27-15-9-4-3-5-10-15/h3-10,27-28H,1-2H3. The summed E-state index contributed by atoms with van der Waals surface area (Å²) < 4.78 is 30.3. The van der Waals surface area contributed by atoms with Gasteiger partial charge >= 0.3 is 0 Å². The van der Waals surface area contributed by atoms with Gasteiger partial charge < -0.3 is 10.6 Å². The predicted octanol–water partition coefficient (Wildman–Crippen LogP) is 5.81. The number of hydrogen-bond donors (Lipinski definition) is 2. The number of nitrogens with one attached hydrogen (secondary N) is 2. The first kappa shape index (κ1) is 18.9. The average Bonchev–Trinajstić information content (AvgIpc) is 2.69. The number of benzene rings is 3. The van der Waals surface area contributed by atoms with E-state index in [9.17, 15) is 10.5 Å². The highest BCUT2D eigenvalue weighted by Gasteiger charge is 2.26. The first-order valence-electron chi connectivity index (χ1n) is 8.48. The highest BCUT2D eigenvalue weighted by atomic mass is 19.1. The van der Waals surface area contributed by atoms with Crippen LogP contribution in [0.3, 0.4) is 0 Å². The van der Waals surface area contributed by atoms with E-state index in [0.29, 0.717) is 11.4 Å². The molecule has 0 saturated heterocycles. The van der Waals surface area contributed by atoms with E-state index in [1.54, 1.807) is 42.5 Å². The summed E-state index contributed by atoms with van der Waals surface area (Å²) >= 11 is 0. The van der Waals surface area contributed by atoms with Crippen molar-refractivity contribution < 1.29 is 8.78 Å². The number of nitrogens with zero attached hydrogens (tertiary/aromatic N) is 2. The molecule has 0 saturated carbocycles. The summed E-state index contributed by atoms with van der Waals surface area (Å²) in [5.41, 5.74) is 1.04. The lowest BCUT2D eigenvalue weighted by Crippen LogP contribution is -2.09. The Hall–Kier alpha value is -3.90. The Labute approximate surface area is 161 Å². The maximum Gasteiger partial charge on any atom is 0.168 e. The molecule has 0 aliphatic rings. The second-order valence-corrected chi connectivity index (χ2v) is 6.23. The largest absolute Gasteiger partial charge is 0.351 e. The van der Waals surface area contributed by atoms with E-state index >= 15 is 8.78 Å². The quantitative estimate of drug-likeness (QED) is 0.604. The van der Waals surface area contributed by atoms with Crippen molar-refractivity contribution in [3.63, 3.8) is 0 Å². The molecule has 0 atom stereocenters. The molecule has 0 aliphatic heterocycles. The van der Waals surface area contributed by atoms with Gasteiger partial charge in [0.15, 0.2) is 11.6 Å². The smallest absolute Gasteiger partial charge is 0.168 e. The highest BCUT2D eigenvalue weighted by molar-refractivity contribution is 5.84. The molecular formula is C22H16F2N4. The minimum Gasteiger partial charge on any atom is -0.351 e. The van der Waals surface area contributed by atoms with E-state index in [2.05, 4.69) is 10.6 Å². The van der Waals surface area contributed by atoms with Crippen molar-refractivity contribution >= 4 is 22.7 Å². The van der Waals surface area contributed by atoms with Gasteiger partial charge in [0.1, 0.15) is 34.6 Å². The summed E-state index contributed by atoms with van der Waals surface area (Å²) in [5, 5.41) is 24.3. The number of nitriles is 2. The molecule has 0 aliphatic carbocycles. The van der Waals surface area contributed by atoms with Gasteiger partial charge in [-0.1, -0.05) is 36.4 Å². The molecule has 0 radical (unpaired) electrons. The van der Waals surface area contributed by atoms with Crippen LogP contribution in [-0.2, 0) is 0 Å². The van der Waals surface area contributed by atoms with Crippen LogP contribution in [0.4, 0.5) is 31.5 Å². The Morgan fingerprint density at radius 1 is 0.679 bits per heavy atom. The lowest BCUT2D eigenvalue weighted by atomic mass is 10.0. The number of aryl methyl sites for hydroxylation is 2. The molecule has 3 aromatic rings. The van der Waals surface area contributed by atoms with Crippen molar-refractivity contribution in [2.75, 3.05) is 10.6 Å². The van der Waals surface area contributed by atoms with Gasteiger partial charge in [-0.25, -0.2) is 8.78 Å². The average molecular weight is 374 g/mol. The van der Waals surface area contributed by atoms with Crippen molar-refractivity contribution in [1.29, 1.82) is 10.5 Å². The van der Waals surface area contributed by atoms with Crippen molar-refractivity contribution in [3.8, 4) is 12.1 Å². The summed E-state index contributed by atoms with van der Waals surface area (Å²) in [6.45, 7) is 3.67. The zero-order chi connectivity index (χ0) is 20.3. The Kier molecular flexibility index (Phi) is 5.24. The second kappa shape index (κ2) is 7.77. The van der Waals surface area contributed by atoms with Gasteiger partial charge in [0.25, 0.3) is 0 Å². The molecule has 0 fully saturated rings. The molecule has 3 rings (SSSR count). The van der Waals surface area contributed by atoms with E-state index in [4.69, 9.17) is 0 Å². The molecule has 28 heavy (non-hydrogen) atoms. The van der Waals surface area contributed by atoms with E-state index in [0.717, 1.165) is 11.1 Å². The van der Waals surface area contributed by atoms with Crippen LogP contribution in [0.5, 0.6) is 0 Å². The van der Waals surface area contributed by atoms with Crippen molar-refractivity contribution in [2.24, 2.45) is 0 Å². The van der Waals surface area contributed by atoms with E-state index in [1.807, 2.05) is 32.0 Å². The highest BCUT2D eigenvalue weighted by Crippen LogP contribution is 2.38. The fourth-order valence-corrected chi connectivity index (χ4v) is 2.94. The Morgan fingerprint density at radius 3 is 1.68 bits per heavy atom. The molecule has 4 nitrogen and oxygen atoms in total. The van der Waals surface area contributed by atoms with Gasteiger partial charge in [0.2, 0.25) is 0 Å². The van der Waals surface area contributed by atoms with Gasteiger partial charge in [0.05, 0.1) is 0 Å². The molecule has 138 valence electrons. The second-order valence-electron chi connectivity index (χ2n) is 6.23. The van der Waals surface area contributed by atoms with E-state index < -0.39 is 22.8 Å². The Bertz CT molecular complexity index is 1110. The maximum absolute atomic E-state index is 15.2. The lowest BCUT2D eigenvalue weighted by molar-refractivity contribution is 0.600. The van der Waals surface area contributed by atoms with Gasteiger partial charge in [-0.05, 0) is 37.1 Å².